The Labute approximate surface area is 141 Å². The molecule has 0 aliphatic heterocycles. The van der Waals surface area contributed by atoms with E-state index in [0.717, 1.165) is 12.1 Å². The minimum absolute atomic E-state index is 0.293. The molecule has 126 valence electrons. The first-order chi connectivity index (χ1) is 11.5. The predicted octanol–water partition coefficient (Wildman–Crippen LogP) is 3.33. The van der Waals surface area contributed by atoms with Gasteiger partial charge in [0.1, 0.15) is 0 Å². The van der Waals surface area contributed by atoms with Gasteiger partial charge in [0.2, 0.25) is 0 Å². The molecule has 1 aromatic heterocycles. The van der Waals surface area contributed by atoms with Crippen LogP contribution in [-0.2, 0) is 4.74 Å². The van der Waals surface area contributed by atoms with Crippen molar-refractivity contribution in [2.24, 2.45) is 0 Å². The monoisotopic (exact) mass is 327 g/mol. The molecule has 0 bridgehead atoms. The zero-order valence-corrected chi connectivity index (χ0v) is 14.0. The van der Waals surface area contributed by atoms with Gasteiger partial charge in [0.25, 0.3) is 5.91 Å². The lowest BCUT2D eigenvalue weighted by Gasteiger charge is -2.13. The van der Waals surface area contributed by atoms with E-state index in [4.69, 9.17) is 0 Å². The molecular formula is C18H21N3O3. The molecule has 1 heterocycles. The maximum Gasteiger partial charge on any atom is 0.337 e. The zero-order valence-electron chi connectivity index (χ0n) is 14.0. The van der Waals surface area contributed by atoms with Gasteiger partial charge in [-0.25, -0.2) is 4.79 Å². The molecule has 0 aliphatic carbocycles. The summed E-state index contributed by atoms with van der Waals surface area (Å²) < 4.78 is 4.67. The number of amides is 1. The highest BCUT2D eigenvalue weighted by molar-refractivity contribution is 6.05. The van der Waals surface area contributed by atoms with E-state index in [1.165, 1.54) is 13.3 Å². The van der Waals surface area contributed by atoms with Crippen LogP contribution >= 0.6 is 0 Å². The van der Waals surface area contributed by atoms with Crippen molar-refractivity contribution < 1.29 is 14.3 Å². The van der Waals surface area contributed by atoms with Gasteiger partial charge in [0.15, 0.2) is 0 Å². The highest BCUT2D eigenvalue weighted by Gasteiger charge is 2.11. The van der Waals surface area contributed by atoms with E-state index in [9.17, 15) is 9.59 Å². The number of esters is 1. The Balaban J connectivity index is 2.12. The van der Waals surface area contributed by atoms with Gasteiger partial charge in [-0.3, -0.25) is 9.78 Å². The van der Waals surface area contributed by atoms with Gasteiger partial charge < -0.3 is 15.4 Å². The highest BCUT2D eigenvalue weighted by Crippen LogP contribution is 2.15. The molecule has 24 heavy (non-hydrogen) atoms. The predicted molar refractivity (Wildman–Crippen MR) is 93.3 cm³/mol. The molecule has 0 aliphatic rings. The number of pyridine rings is 1. The first-order valence-corrected chi connectivity index (χ1v) is 7.74. The number of carbonyl (C=O) groups is 2. The molecule has 2 N–H and O–H groups in total. The lowest BCUT2D eigenvalue weighted by atomic mass is 10.2. The third-order valence-electron chi connectivity index (χ3n) is 3.57. The number of hydrogen-bond donors (Lipinski definition) is 2. The van der Waals surface area contributed by atoms with Gasteiger partial charge in [-0.15, -0.1) is 0 Å². The molecule has 6 heteroatoms. The largest absolute Gasteiger partial charge is 0.465 e. The second-order valence-electron chi connectivity index (χ2n) is 5.44. The van der Waals surface area contributed by atoms with Gasteiger partial charge in [-0.05, 0) is 37.6 Å². The van der Waals surface area contributed by atoms with Crippen LogP contribution in [0.3, 0.4) is 0 Å². The van der Waals surface area contributed by atoms with Gasteiger partial charge in [-0.2, -0.15) is 0 Å². The number of nitrogens with one attached hydrogen (secondary N) is 2. The molecule has 0 fully saturated rings. The van der Waals surface area contributed by atoms with Gasteiger partial charge in [0.05, 0.1) is 23.9 Å². The number of hydrogen-bond acceptors (Lipinski definition) is 5. The maximum atomic E-state index is 12.4. The summed E-state index contributed by atoms with van der Waals surface area (Å²) in [6.07, 6.45) is 4.15. The summed E-state index contributed by atoms with van der Waals surface area (Å²) in [5.41, 5.74) is 2.12. The van der Waals surface area contributed by atoms with E-state index in [-0.39, 0.29) is 5.91 Å². The smallest absolute Gasteiger partial charge is 0.337 e. The Morgan fingerprint density at radius 2 is 1.92 bits per heavy atom. The average molecular weight is 327 g/mol. The summed E-state index contributed by atoms with van der Waals surface area (Å²) in [5, 5.41) is 6.04. The second kappa shape index (κ2) is 8.10. The molecule has 2 aromatic rings. The van der Waals surface area contributed by atoms with E-state index in [0.29, 0.717) is 22.9 Å². The lowest BCUT2D eigenvalue weighted by molar-refractivity contribution is 0.0600. The molecule has 1 atom stereocenters. The molecule has 1 unspecified atom stereocenters. The number of aromatic nitrogens is 1. The van der Waals surface area contributed by atoms with Gasteiger partial charge in [-0.1, -0.05) is 13.0 Å². The Bertz CT molecular complexity index is 731. The van der Waals surface area contributed by atoms with Crippen molar-refractivity contribution in [1.82, 2.24) is 4.98 Å². The zero-order chi connectivity index (χ0) is 17.5. The first kappa shape index (κ1) is 17.5. The summed E-state index contributed by atoms with van der Waals surface area (Å²) in [7, 11) is 1.31. The highest BCUT2D eigenvalue weighted by atomic mass is 16.5. The molecule has 0 saturated carbocycles. The van der Waals surface area contributed by atoms with Crippen molar-refractivity contribution in [3.05, 3.63) is 53.9 Å². The minimum Gasteiger partial charge on any atom is -0.465 e. The quantitative estimate of drug-likeness (QED) is 0.796. The number of nitrogens with zero attached hydrogens (tertiary/aromatic N) is 1. The van der Waals surface area contributed by atoms with E-state index in [2.05, 4.69) is 34.2 Å². The van der Waals surface area contributed by atoms with Crippen molar-refractivity contribution >= 4 is 23.3 Å². The van der Waals surface area contributed by atoms with E-state index < -0.39 is 5.97 Å². The Morgan fingerprint density at radius 3 is 2.62 bits per heavy atom. The standard InChI is InChI=1S/C18H21N3O3/c1-4-12(2)20-16-9-14(10-19-11-16)17(22)21-15-7-5-6-13(8-15)18(23)24-3/h5-12,20H,4H2,1-3H3,(H,21,22). The number of ether oxygens (including phenoxy) is 1. The maximum absolute atomic E-state index is 12.4. The summed E-state index contributed by atoms with van der Waals surface area (Å²) in [4.78, 5) is 28.0. The van der Waals surface area contributed by atoms with Crippen LogP contribution in [0.1, 0.15) is 41.0 Å². The number of methoxy groups -OCH3 is 1. The van der Waals surface area contributed by atoms with E-state index in [1.54, 1.807) is 36.5 Å². The summed E-state index contributed by atoms with van der Waals surface area (Å²) in [6, 6.07) is 8.62. The van der Waals surface area contributed by atoms with Crippen molar-refractivity contribution in [2.45, 2.75) is 26.3 Å². The molecule has 1 amide bonds. The van der Waals surface area contributed by atoms with Crippen LogP contribution in [-0.4, -0.2) is 30.0 Å². The lowest BCUT2D eigenvalue weighted by Crippen LogP contribution is -2.16. The SMILES string of the molecule is CCC(C)Nc1cncc(C(=O)Nc2cccc(C(=O)OC)c2)c1. The summed E-state index contributed by atoms with van der Waals surface area (Å²) in [5.74, 6) is -0.746. The molecule has 0 saturated heterocycles. The normalized spacial score (nSPS) is 11.5. The van der Waals surface area contributed by atoms with Gasteiger partial charge in [0, 0.05) is 24.1 Å². The van der Waals surface area contributed by atoms with Crippen molar-refractivity contribution in [1.29, 1.82) is 0 Å². The Kier molecular flexibility index (Phi) is 5.89. The molecule has 0 radical (unpaired) electrons. The fourth-order valence-electron chi connectivity index (χ4n) is 2.07. The number of rotatable bonds is 6. The van der Waals surface area contributed by atoms with E-state index in [1.807, 2.05) is 0 Å². The molecule has 6 nitrogen and oxygen atoms in total. The topological polar surface area (TPSA) is 80.3 Å². The fraction of sp³-hybridized carbons (Fsp3) is 0.278. The summed E-state index contributed by atoms with van der Waals surface area (Å²) >= 11 is 0. The third-order valence-corrected chi connectivity index (χ3v) is 3.57. The first-order valence-electron chi connectivity index (χ1n) is 7.74. The van der Waals surface area contributed by atoms with Crippen LogP contribution in [0.15, 0.2) is 42.7 Å². The molecule has 0 spiro atoms. The van der Waals surface area contributed by atoms with E-state index >= 15 is 0 Å². The van der Waals surface area contributed by atoms with Crippen LogP contribution in [0.4, 0.5) is 11.4 Å². The van der Waals surface area contributed by atoms with Crippen molar-refractivity contribution in [3.63, 3.8) is 0 Å². The molecular weight excluding hydrogens is 306 g/mol. The molecule has 2 rings (SSSR count). The van der Waals surface area contributed by atoms with Crippen molar-refractivity contribution in [3.8, 4) is 0 Å². The van der Waals surface area contributed by atoms with Crippen LogP contribution in [0.25, 0.3) is 0 Å². The van der Waals surface area contributed by atoms with Crippen LogP contribution in [0.5, 0.6) is 0 Å². The second-order valence-corrected chi connectivity index (χ2v) is 5.44. The van der Waals surface area contributed by atoms with Crippen molar-refractivity contribution in [2.75, 3.05) is 17.7 Å². The minimum atomic E-state index is -0.451. The summed E-state index contributed by atoms with van der Waals surface area (Å²) in [6.45, 7) is 4.14. The van der Waals surface area contributed by atoms with Crippen LogP contribution in [0.2, 0.25) is 0 Å². The van der Waals surface area contributed by atoms with Gasteiger partial charge >= 0.3 is 5.97 Å². The Morgan fingerprint density at radius 1 is 1.17 bits per heavy atom. The average Bonchev–Trinajstić information content (AvgIpc) is 2.61. The fourth-order valence-corrected chi connectivity index (χ4v) is 2.07. The number of carbonyl (C=O) groups excluding carboxylic acids is 2. The third kappa shape index (κ3) is 4.55. The van der Waals surface area contributed by atoms with Crippen LogP contribution in [0, 0.1) is 0 Å². The molecule has 1 aromatic carbocycles. The Hall–Kier alpha value is -2.89. The van der Waals surface area contributed by atoms with Crippen LogP contribution < -0.4 is 10.6 Å². The number of anilines is 2. The number of benzene rings is 1.